The van der Waals surface area contributed by atoms with Crippen LogP contribution in [0.4, 0.5) is 17.1 Å². The van der Waals surface area contributed by atoms with Crippen LogP contribution in [0, 0.1) is 0 Å². The summed E-state index contributed by atoms with van der Waals surface area (Å²) in [4.78, 5) is 2.35. The molecular weight excluding hydrogens is 581 g/mol. The van der Waals surface area contributed by atoms with E-state index in [-0.39, 0.29) is 5.41 Å². The molecule has 0 atom stereocenters. The summed E-state index contributed by atoms with van der Waals surface area (Å²) in [5.41, 5.74) is 13.1. The molecule has 0 saturated carbocycles. The van der Waals surface area contributed by atoms with E-state index >= 15 is 0 Å². The van der Waals surface area contributed by atoms with Gasteiger partial charge in [-0.25, -0.2) is 0 Å². The van der Waals surface area contributed by atoms with Gasteiger partial charge < -0.3 is 9.47 Å². The minimum absolute atomic E-state index is 0.0556. The Hall–Kier alpha value is -5.86. The molecule has 2 heteroatoms. The number of para-hydroxylation sites is 2. The SMILES string of the molecule is CC(C)(C)c1ccc2c(c1)c1cc(-c3cccc(N(c4ccccc4)c4cccc(-c5ccccc5)c4)c3)ccc1n2-c1ccccc1. The molecule has 0 radical (unpaired) electrons. The highest BCUT2D eigenvalue weighted by Gasteiger charge is 2.19. The third kappa shape index (κ3) is 5.46. The number of rotatable bonds is 6. The van der Waals surface area contributed by atoms with Crippen molar-refractivity contribution >= 4 is 38.9 Å². The molecule has 0 amide bonds. The van der Waals surface area contributed by atoms with Gasteiger partial charge in [-0.3, -0.25) is 0 Å². The van der Waals surface area contributed by atoms with Crippen LogP contribution in [-0.4, -0.2) is 4.57 Å². The van der Waals surface area contributed by atoms with Crippen molar-refractivity contribution in [3.05, 3.63) is 181 Å². The van der Waals surface area contributed by atoms with E-state index in [1.54, 1.807) is 0 Å². The quantitative estimate of drug-likeness (QED) is 0.180. The molecule has 0 aliphatic carbocycles. The zero-order valence-corrected chi connectivity index (χ0v) is 27.6. The minimum atomic E-state index is 0.0556. The molecule has 0 N–H and O–H groups in total. The normalized spacial score (nSPS) is 11.6. The van der Waals surface area contributed by atoms with Crippen LogP contribution in [0.15, 0.2) is 176 Å². The molecule has 8 aromatic rings. The predicted octanol–water partition coefficient (Wildman–Crippen LogP) is 12.9. The largest absolute Gasteiger partial charge is 0.310 e. The maximum atomic E-state index is 2.40. The molecule has 0 aliphatic heterocycles. The molecule has 0 aliphatic rings. The van der Waals surface area contributed by atoms with Crippen molar-refractivity contribution in [2.75, 3.05) is 4.90 Å². The van der Waals surface area contributed by atoms with Crippen LogP contribution in [-0.2, 0) is 5.41 Å². The van der Waals surface area contributed by atoms with Crippen LogP contribution in [0.25, 0.3) is 49.7 Å². The molecule has 48 heavy (non-hydrogen) atoms. The van der Waals surface area contributed by atoms with Crippen molar-refractivity contribution in [1.82, 2.24) is 4.57 Å². The Kier molecular flexibility index (Phi) is 7.42. The lowest BCUT2D eigenvalue weighted by Gasteiger charge is -2.26. The Morgan fingerprint density at radius 1 is 0.396 bits per heavy atom. The number of benzene rings is 7. The summed E-state index contributed by atoms with van der Waals surface area (Å²) in [7, 11) is 0. The average molecular weight is 619 g/mol. The second-order valence-corrected chi connectivity index (χ2v) is 13.5. The molecule has 1 aromatic heterocycles. The Labute approximate surface area is 283 Å². The molecule has 7 aromatic carbocycles. The van der Waals surface area contributed by atoms with E-state index in [2.05, 4.69) is 206 Å². The summed E-state index contributed by atoms with van der Waals surface area (Å²) in [5, 5.41) is 2.54. The van der Waals surface area contributed by atoms with Crippen molar-refractivity contribution in [2.45, 2.75) is 26.2 Å². The van der Waals surface area contributed by atoms with E-state index in [4.69, 9.17) is 0 Å². The van der Waals surface area contributed by atoms with Crippen molar-refractivity contribution in [3.8, 4) is 27.9 Å². The molecule has 232 valence electrons. The highest BCUT2D eigenvalue weighted by atomic mass is 15.1. The average Bonchev–Trinajstić information content (AvgIpc) is 3.46. The second kappa shape index (κ2) is 12.1. The zero-order valence-electron chi connectivity index (χ0n) is 27.6. The van der Waals surface area contributed by atoms with E-state index in [0.29, 0.717) is 0 Å². The first-order valence-corrected chi connectivity index (χ1v) is 16.7. The fourth-order valence-corrected chi connectivity index (χ4v) is 6.83. The Morgan fingerprint density at radius 2 is 0.875 bits per heavy atom. The fraction of sp³-hybridized carbons (Fsp3) is 0.0870. The smallest absolute Gasteiger partial charge is 0.0541 e. The highest BCUT2D eigenvalue weighted by molar-refractivity contribution is 6.10. The number of anilines is 3. The minimum Gasteiger partial charge on any atom is -0.310 e. The van der Waals surface area contributed by atoms with Crippen LogP contribution in [0.3, 0.4) is 0 Å². The van der Waals surface area contributed by atoms with Crippen LogP contribution < -0.4 is 4.90 Å². The molecule has 0 spiro atoms. The van der Waals surface area contributed by atoms with Gasteiger partial charge in [0.15, 0.2) is 0 Å². The van der Waals surface area contributed by atoms with E-state index < -0.39 is 0 Å². The van der Waals surface area contributed by atoms with Crippen molar-refractivity contribution < 1.29 is 0 Å². The van der Waals surface area contributed by atoms with Gasteiger partial charge in [-0.15, -0.1) is 0 Å². The number of aromatic nitrogens is 1. The van der Waals surface area contributed by atoms with Crippen LogP contribution >= 0.6 is 0 Å². The van der Waals surface area contributed by atoms with E-state index in [1.807, 2.05) is 0 Å². The van der Waals surface area contributed by atoms with Crippen molar-refractivity contribution in [2.24, 2.45) is 0 Å². The topological polar surface area (TPSA) is 8.17 Å². The highest BCUT2D eigenvalue weighted by Crippen LogP contribution is 2.40. The van der Waals surface area contributed by atoms with Crippen LogP contribution in [0.2, 0.25) is 0 Å². The van der Waals surface area contributed by atoms with Crippen LogP contribution in [0.5, 0.6) is 0 Å². The lowest BCUT2D eigenvalue weighted by Crippen LogP contribution is -2.10. The van der Waals surface area contributed by atoms with E-state index in [0.717, 1.165) is 17.1 Å². The maximum Gasteiger partial charge on any atom is 0.0541 e. The first kappa shape index (κ1) is 29.5. The van der Waals surface area contributed by atoms with Gasteiger partial charge >= 0.3 is 0 Å². The third-order valence-corrected chi connectivity index (χ3v) is 9.31. The molecular formula is C46H38N2. The summed E-state index contributed by atoms with van der Waals surface area (Å²) in [6.07, 6.45) is 0. The predicted molar refractivity (Wildman–Crippen MR) is 205 cm³/mol. The lowest BCUT2D eigenvalue weighted by molar-refractivity contribution is 0.591. The van der Waals surface area contributed by atoms with Gasteiger partial charge in [-0.2, -0.15) is 0 Å². The summed E-state index contributed by atoms with van der Waals surface area (Å²) >= 11 is 0. The summed E-state index contributed by atoms with van der Waals surface area (Å²) < 4.78 is 2.40. The van der Waals surface area contributed by atoms with Crippen molar-refractivity contribution in [1.29, 1.82) is 0 Å². The molecule has 8 rings (SSSR count). The van der Waals surface area contributed by atoms with E-state index in [9.17, 15) is 0 Å². The maximum absolute atomic E-state index is 2.40. The lowest BCUT2D eigenvalue weighted by atomic mass is 9.86. The molecule has 2 nitrogen and oxygen atoms in total. The van der Waals surface area contributed by atoms with Gasteiger partial charge in [0.25, 0.3) is 0 Å². The monoisotopic (exact) mass is 618 g/mol. The van der Waals surface area contributed by atoms with Gasteiger partial charge in [0.2, 0.25) is 0 Å². The molecule has 1 heterocycles. The fourth-order valence-electron chi connectivity index (χ4n) is 6.83. The first-order valence-electron chi connectivity index (χ1n) is 16.7. The molecule has 0 bridgehead atoms. The summed E-state index contributed by atoms with van der Waals surface area (Å²) in [5.74, 6) is 0. The Balaban J connectivity index is 1.28. The van der Waals surface area contributed by atoms with Gasteiger partial charge in [0, 0.05) is 33.5 Å². The standard InChI is InChI=1S/C46H38N2/c1-46(2,3)37-26-28-45-43(32-37)42-31-36(25-27-44(42)48(45)39-21-11-6-12-22-39)35-18-14-24-41(30-35)47(38-19-9-5-10-20-38)40-23-13-17-34(29-40)33-15-7-4-8-16-33/h4-32H,1-3H3. The molecule has 0 saturated heterocycles. The number of nitrogens with zero attached hydrogens (tertiary/aromatic N) is 2. The van der Waals surface area contributed by atoms with Gasteiger partial charge in [-0.05, 0) is 106 Å². The number of hydrogen-bond donors (Lipinski definition) is 0. The number of fused-ring (bicyclic) bond motifs is 3. The van der Waals surface area contributed by atoms with E-state index in [1.165, 1.54) is 55.3 Å². The Morgan fingerprint density at radius 3 is 1.50 bits per heavy atom. The second-order valence-electron chi connectivity index (χ2n) is 13.5. The summed E-state index contributed by atoms with van der Waals surface area (Å²) in [6, 6.07) is 63.6. The molecule has 0 fully saturated rings. The Bertz CT molecular complexity index is 2360. The van der Waals surface area contributed by atoms with Gasteiger partial charge in [-0.1, -0.05) is 124 Å². The first-order chi connectivity index (χ1) is 23.4. The van der Waals surface area contributed by atoms with Gasteiger partial charge in [0.05, 0.1) is 11.0 Å². The van der Waals surface area contributed by atoms with Gasteiger partial charge in [0.1, 0.15) is 0 Å². The third-order valence-electron chi connectivity index (χ3n) is 9.31. The summed E-state index contributed by atoms with van der Waals surface area (Å²) in [6.45, 7) is 6.86. The number of hydrogen-bond acceptors (Lipinski definition) is 1. The van der Waals surface area contributed by atoms with Crippen LogP contribution in [0.1, 0.15) is 26.3 Å². The molecule has 0 unspecified atom stereocenters. The van der Waals surface area contributed by atoms with Crippen molar-refractivity contribution in [3.63, 3.8) is 0 Å². The zero-order chi connectivity index (χ0) is 32.7.